The first-order chi connectivity index (χ1) is 28.3. The zero-order chi connectivity index (χ0) is 41.1. The van der Waals surface area contributed by atoms with E-state index in [1.54, 1.807) is 0 Å². The van der Waals surface area contributed by atoms with Gasteiger partial charge in [-0.25, -0.2) is 4.98 Å². The van der Waals surface area contributed by atoms with E-state index in [-0.39, 0.29) is 31.9 Å². The summed E-state index contributed by atoms with van der Waals surface area (Å²) in [6.07, 6.45) is 4.14. The number of hydrogen-bond acceptors (Lipinski definition) is 4. The van der Waals surface area contributed by atoms with Crippen molar-refractivity contribution in [3.8, 4) is 39.6 Å². The Balaban J connectivity index is 0.00000499. The molecule has 0 atom stereocenters. The van der Waals surface area contributed by atoms with Crippen LogP contribution in [0.3, 0.4) is 0 Å². The molecule has 0 radical (unpaired) electrons. The summed E-state index contributed by atoms with van der Waals surface area (Å²) in [6.45, 7) is 20.0. The summed E-state index contributed by atoms with van der Waals surface area (Å²) in [5.41, 5.74) is 13.2. The summed E-state index contributed by atoms with van der Waals surface area (Å²) in [7, 11) is 0. The third kappa shape index (κ3) is 7.80. The summed E-state index contributed by atoms with van der Waals surface area (Å²) in [5, 5.41) is 2.23. The molecule has 8 aromatic rings. The minimum atomic E-state index is -0.177. The predicted molar refractivity (Wildman–Crippen MR) is 245 cm³/mol. The van der Waals surface area contributed by atoms with Gasteiger partial charge in [-0.15, -0.1) is 53.6 Å². The van der Waals surface area contributed by atoms with Crippen molar-refractivity contribution in [1.82, 2.24) is 9.55 Å². The van der Waals surface area contributed by atoms with Crippen molar-refractivity contribution in [3.05, 3.63) is 187 Å². The van der Waals surface area contributed by atoms with E-state index in [1.807, 2.05) is 12.3 Å². The van der Waals surface area contributed by atoms with Gasteiger partial charge in [-0.2, -0.15) is 6.07 Å². The molecule has 1 aliphatic heterocycles. The minimum Gasteiger partial charge on any atom is -0.509 e. The number of aryl methyl sites for hydroxylation is 2. The molecular weight excluding hydrogens is 916 g/mol. The quantitative estimate of drug-likeness (QED) is 0.149. The molecule has 1 aliphatic rings. The van der Waals surface area contributed by atoms with Crippen LogP contribution in [-0.2, 0) is 26.5 Å². The van der Waals surface area contributed by atoms with Crippen LogP contribution in [0.4, 0.5) is 11.4 Å². The van der Waals surface area contributed by atoms with Crippen LogP contribution >= 0.6 is 0 Å². The number of fused-ring (bicyclic) bond motifs is 3. The first-order valence-electron chi connectivity index (χ1n) is 20.4. The van der Waals surface area contributed by atoms with E-state index >= 15 is 0 Å². The maximum Gasteiger partial charge on any atom is 0.135 e. The molecule has 0 saturated heterocycles. The third-order valence-corrected chi connectivity index (χ3v) is 11.3. The monoisotopic (exact) mass is 964 g/mol. The van der Waals surface area contributed by atoms with Crippen molar-refractivity contribution in [1.29, 1.82) is 0 Å². The molecular formula is C54H49N4OPt-3. The van der Waals surface area contributed by atoms with Crippen molar-refractivity contribution in [2.45, 2.75) is 60.8 Å². The molecule has 0 amide bonds. The molecule has 0 spiro atoms. The molecule has 0 bridgehead atoms. The third-order valence-electron chi connectivity index (χ3n) is 11.3. The van der Waals surface area contributed by atoms with E-state index in [4.69, 9.17) is 9.72 Å². The van der Waals surface area contributed by atoms with Gasteiger partial charge in [0, 0.05) is 61.1 Å². The number of para-hydroxylation sites is 1. The Morgan fingerprint density at radius 3 is 2.03 bits per heavy atom. The topological polar surface area (TPSA) is 33.5 Å². The molecule has 9 rings (SSSR count). The number of aromatic nitrogens is 2. The van der Waals surface area contributed by atoms with E-state index in [9.17, 15) is 0 Å². The van der Waals surface area contributed by atoms with Crippen molar-refractivity contribution in [2.75, 3.05) is 9.80 Å². The van der Waals surface area contributed by atoms with E-state index < -0.39 is 0 Å². The van der Waals surface area contributed by atoms with Gasteiger partial charge in [-0.1, -0.05) is 126 Å². The van der Waals surface area contributed by atoms with Crippen LogP contribution in [-0.4, -0.2) is 9.55 Å². The molecule has 0 aliphatic carbocycles. The Bertz CT molecular complexity index is 2860. The second-order valence-corrected chi connectivity index (χ2v) is 17.6. The summed E-state index contributed by atoms with van der Waals surface area (Å²) in [5.74, 6) is 2.07. The Morgan fingerprint density at radius 1 is 0.617 bits per heavy atom. The van der Waals surface area contributed by atoms with Gasteiger partial charge in [0.25, 0.3) is 0 Å². The van der Waals surface area contributed by atoms with E-state index in [0.717, 1.165) is 50.3 Å². The summed E-state index contributed by atoms with van der Waals surface area (Å²) >= 11 is 0. The number of pyridine rings is 1. The first-order valence-corrected chi connectivity index (χ1v) is 20.4. The Labute approximate surface area is 369 Å². The zero-order valence-corrected chi connectivity index (χ0v) is 37.7. The molecule has 60 heavy (non-hydrogen) atoms. The smallest absolute Gasteiger partial charge is 0.135 e. The SMILES string of the molecule is Cc1cccc(C)c1-c1cc(Oc2[c-]c3c(cc2)c2ccccc2n3-c2cc(C(C)(C)C)ccn2)[c-]c(N2[CH-]N(c3ccc(-c4ccccc4)cc3)C=C2C(C)(C)C)c1.[Pt]. The number of ether oxygens (including phenoxy) is 1. The normalized spacial score (nSPS) is 13.2. The maximum absolute atomic E-state index is 6.86. The van der Waals surface area contributed by atoms with Crippen LogP contribution in [0.5, 0.6) is 11.5 Å². The molecule has 2 aromatic heterocycles. The average Bonchev–Trinajstić information content (AvgIpc) is 3.82. The van der Waals surface area contributed by atoms with Crippen LogP contribution in [0.15, 0.2) is 152 Å². The fraction of sp³-hybridized carbons (Fsp3) is 0.185. The first kappa shape index (κ1) is 40.9. The van der Waals surface area contributed by atoms with Gasteiger partial charge in [0.05, 0.1) is 0 Å². The molecule has 0 N–H and O–H groups in total. The van der Waals surface area contributed by atoms with Gasteiger partial charge >= 0.3 is 0 Å². The maximum atomic E-state index is 6.86. The molecule has 0 unspecified atom stereocenters. The van der Waals surface area contributed by atoms with E-state index in [0.29, 0.717) is 11.5 Å². The Morgan fingerprint density at radius 2 is 1.32 bits per heavy atom. The summed E-state index contributed by atoms with van der Waals surface area (Å²) < 4.78 is 9.07. The molecule has 6 aromatic carbocycles. The van der Waals surface area contributed by atoms with Crippen LogP contribution in [0.2, 0.25) is 0 Å². The predicted octanol–water partition coefficient (Wildman–Crippen LogP) is 14.2. The van der Waals surface area contributed by atoms with E-state index in [2.05, 4.69) is 222 Å². The van der Waals surface area contributed by atoms with Crippen LogP contribution in [0.25, 0.3) is 49.9 Å². The second-order valence-electron chi connectivity index (χ2n) is 17.6. The van der Waals surface area contributed by atoms with Crippen molar-refractivity contribution >= 4 is 33.2 Å². The molecule has 0 fully saturated rings. The summed E-state index contributed by atoms with van der Waals surface area (Å²) in [4.78, 5) is 9.34. The standard InChI is InChI=1S/C54H49N4O.Pt/c1-36-15-14-16-37(2)52(36)40-29-43(57-35-56(34-50(57)54(6,7)8)42-23-21-39(22-24-42)38-17-10-9-11-18-38)32-45(30-40)59-44-25-26-47-46-19-12-13-20-48(46)58(49(47)33-44)51-31-41(27-28-55-51)53(3,4)5;/h9-31,34-35H,1-8H3;/q-3;. The Kier molecular flexibility index (Phi) is 10.9. The zero-order valence-electron chi connectivity index (χ0n) is 35.4. The van der Waals surface area contributed by atoms with Crippen LogP contribution in [0, 0.1) is 38.1 Å². The van der Waals surface area contributed by atoms with Gasteiger partial charge in [0.1, 0.15) is 5.82 Å². The van der Waals surface area contributed by atoms with Crippen molar-refractivity contribution in [3.63, 3.8) is 0 Å². The molecule has 304 valence electrons. The Hall–Kier alpha value is -5.90. The van der Waals surface area contributed by atoms with Gasteiger partial charge in [0.15, 0.2) is 0 Å². The number of benzene rings is 6. The van der Waals surface area contributed by atoms with Gasteiger partial charge in [0.2, 0.25) is 0 Å². The number of hydrogen-bond donors (Lipinski definition) is 0. The van der Waals surface area contributed by atoms with Crippen molar-refractivity contribution < 1.29 is 25.8 Å². The van der Waals surface area contributed by atoms with E-state index in [1.165, 1.54) is 33.4 Å². The molecule has 6 heteroatoms. The molecule has 5 nitrogen and oxygen atoms in total. The minimum absolute atomic E-state index is 0. The van der Waals surface area contributed by atoms with Crippen LogP contribution in [0.1, 0.15) is 58.2 Å². The number of rotatable bonds is 7. The fourth-order valence-corrected chi connectivity index (χ4v) is 8.18. The van der Waals surface area contributed by atoms with Gasteiger partial charge in [-0.3, -0.25) is 0 Å². The number of nitrogens with zero attached hydrogens (tertiary/aromatic N) is 4. The molecule has 0 saturated carbocycles. The summed E-state index contributed by atoms with van der Waals surface area (Å²) in [6, 6.07) is 54.4. The molecule has 3 heterocycles. The average molecular weight is 965 g/mol. The second kappa shape index (κ2) is 15.9. The fourth-order valence-electron chi connectivity index (χ4n) is 8.18. The van der Waals surface area contributed by atoms with Crippen molar-refractivity contribution in [2.24, 2.45) is 5.41 Å². The largest absolute Gasteiger partial charge is 0.509 e. The van der Waals surface area contributed by atoms with Gasteiger partial charge in [-0.05, 0) is 94.6 Å². The number of allylic oxidation sites excluding steroid dienone is 1. The number of anilines is 2. The van der Waals surface area contributed by atoms with Gasteiger partial charge < -0.3 is 19.1 Å². The van der Waals surface area contributed by atoms with Crippen LogP contribution < -0.4 is 14.5 Å².